The first-order valence-electron chi connectivity index (χ1n) is 10.7. The number of phenols is 3. The molecule has 4 aromatic rings. The molecule has 0 saturated heterocycles. The number of aromatic hydroxyl groups is 3. The highest BCUT2D eigenvalue weighted by Crippen LogP contribution is 2.45. The number of aryl methyl sites for hydroxylation is 2. The first-order chi connectivity index (χ1) is 15.8. The third kappa shape index (κ3) is 4.17. The number of hydrogen-bond donors (Lipinski definition) is 3. The predicted octanol–water partition coefficient (Wildman–Crippen LogP) is 7.30. The zero-order chi connectivity index (χ0) is 23.7. The summed E-state index contributed by atoms with van der Waals surface area (Å²) >= 11 is 0. The van der Waals surface area contributed by atoms with Crippen molar-refractivity contribution >= 4 is 17.1 Å². The Morgan fingerprint density at radius 1 is 0.606 bits per heavy atom. The van der Waals surface area contributed by atoms with E-state index in [-0.39, 0.29) is 17.2 Å². The summed E-state index contributed by atoms with van der Waals surface area (Å²) in [5.41, 5.74) is 5.01. The zero-order valence-electron chi connectivity index (χ0n) is 19.1. The fraction of sp³-hybridized carbons (Fsp3) is 0.143. The van der Waals surface area contributed by atoms with Crippen LogP contribution < -0.4 is 9.64 Å². The fourth-order valence-corrected chi connectivity index (χ4v) is 3.74. The molecule has 0 radical (unpaired) electrons. The molecule has 33 heavy (non-hydrogen) atoms. The van der Waals surface area contributed by atoms with Crippen molar-refractivity contribution in [3.05, 3.63) is 95.1 Å². The van der Waals surface area contributed by atoms with Gasteiger partial charge >= 0.3 is 0 Å². The molecule has 5 heteroatoms. The van der Waals surface area contributed by atoms with Gasteiger partial charge in [0.1, 0.15) is 28.7 Å². The number of ether oxygens (including phenoxy) is 1. The van der Waals surface area contributed by atoms with Crippen molar-refractivity contribution in [1.82, 2.24) is 0 Å². The van der Waals surface area contributed by atoms with E-state index in [9.17, 15) is 15.3 Å². The van der Waals surface area contributed by atoms with Gasteiger partial charge in [0.2, 0.25) is 0 Å². The quantitative estimate of drug-likeness (QED) is 0.303. The van der Waals surface area contributed by atoms with Gasteiger partial charge in [-0.25, -0.2) is 0 Å². The lowest BCUT2D eigenvalue weighted by Gasteiger charge is -2.28. The molecular weight excluding hydrogens is 414 g/mol. The number of phenolic OH excluding ortho intramolecular Hbond substituents is 3. The largest absolute Gasteiger partial charge is 0.508 e. The molecule has 0 saturated carbocycles. The van der Waals surface area contributed by atoms with Crippen LogP contribution in [0.15, 0.2) is 72.8 Å². The smallest absolute Gasteiger partial charge is 0.142 e. The van der Waals surface area contributed by atoms with Crippen LogP contribution in [0.1, 0.15) is 22.3 Å². The van der Waals surface area contributed by atoms with E-state index in [1.807, 2.05) is 93.3 Å². The Morgan fingerprint density at radius 2 is 1.15 bits per heavy atom. The maximum Gasteiger partial charge on any atom is 0.142 e. The van der Waals surface area contributed by atoms with Gasteiger partial charge < -0.3 is 25.0 Å². The Kier molecular flexibility index (Phi) is 5.88. The Morgan fingerprint density at radius 3 is 1.70 bits per heavy atom. The Balaban J connectivity index is 1.76. The minimum Gasteiger partial charge on any atom is -0.508 e. The maximum absolute atomic E-state index is 10.8. The second-order valence-electron chi connectivity index (χ2n) is 8.15. The number of anilines is 3. The molecule has 3 N–H and O–H groups in total. The van der Waals surface area contributed by atoms with Gasteiger partial charge in [0, 0.05) is 5.69 Å². The first kappa shape index (κ1) is 22.1. The van der Waals surface area contributed by atoms with Gasteiger partial charge in [0.15, 0.2) is 0 Å². The molecule has 0 aliphatic heterocycles. The summed E-state index contributed by atoms with van der Waals surface area (Å²) in [5.74, 6) is 1.83. The average Bonchev–Trinajstić information content (AvgIpc) is 2.81. The standard InChI is InChI=1S/C28H27NO4/c1-17-7-5-9-23(27(17)31)29(24-10-6-8-18(2)28(24)32)21-11-13-22(14-12-21)33-26-16-15-25(30)19(3)20(26)4/h5-16,30-32H,1-4H3. The van der Waals surface area contributed by atoms with E-state index in [2.05, 4.69) is 0 Å². The molecule has 0 heterocycles. The molecule has 4 rings (SSSR count). The minimum absolute atomic E-state index is 0.147. The first-order valence-corrected chi connectivity index (χ1v) is 10.7. The lowest BCUT2D eigenvalue weighted by Crippen LogP contribution is -2.11. The molecule has 168 valence electrons. The molecule has 0 bridgehead atoms. The van der Waals surface area contributed by atoms with Gasteiger partial charge in [0.25, 0.3) is 0 Å². The van der Waals surface area contributed by atoms with Crippen LogP contribution in [-0.4, -0.2) is 15.3 Å². The minimum atomic E-state index is 0.147. The van der Waals surface area contributed by atoms with Crippen molar-refractivity contribution in [1.29, 1.82) is 0 Å². The van der Waals surface area contributed by atoms with Gasteiger partial charge in [-0.1, -0.05) is 24.3 Å². The summed E-state index contributed by atoms with van der Waals surface area (Å²) in [4.78, 5) is 1.82. The molecule has 0 aliphatic carbocycles. The van der Waals surface area contributed by atoms with Gasteiger partial charge in [-0.05, 0) is 98.5 Å². The van der Waals surface area contributed by atoms with E-state index in [1.54, 1.807) is 12.1 Å². The Bertz CT molecular complexity index is 1260. The van der Waals surface area contributed by atoms with E-state index in [4.69, 9.17) is 4.74 Å². The van der Waals surface area contributed by atoms with Crippen LogP contribution in [0.2, 0.25) is 0 Å². The number of nitrogens with zero attached hydrogens (tertiary/aromatic N) is 1. The second-order valence-corrected chi connectivity index (χ2v) is 8.15. The second kappa shape index (κ2) is 8.79. The molecule has 5 nitrogen and oxygen atoms in total. The van der Waals surface area contributed by atoms with Crippen LogP contribution in [0.25, 0.3) is 0 Å². The van der Waals surface area contributed by atoms with Gasteiger partial charge in [-0.2, -0.15) is 0 Å². The van der Waals surface area contributed by atoms with Crippen molar-refractivity contribution < 1.29 is 20.1 Å². The highest BCUT2D eigenvalue weighted by Gasteiger charge is 2.20. The van der Waals surface area contributed by atoms with Crippen LogP contribution in [0.3, 0.4) is 0 Å². The molecule has 0 amide bonds. The molecule has 0 unspecified atom stereocenters. The van der Waals surface area contributed by atoms with Gasteiger partial charge in [-0.3, -0.25) is 0 Å². The van der Waals surface area contributed by atoms with Crippen LogP contribution in [-0.2, 0) is 0 Å². The van der Waals surface area contributed by atoms with Gasteiger partial charge in [-0.15, -0.1) is 0 Å². The third-order valence-corrected chi connectivity index (χ3v) is 5.95. The molecule has 0 aliphatic rings. The number of benzene rings is 4. The monoisotopic (exact) mass is 441 g/mol. The molecule has 0 spiro atoms. The highest BCUT2D eigenvalue weighted by atomic mass is 16.5. The van der Waals surface area contributed by atoms with Crippen molar-refractivity contribution in [3.8, 4) is 28.7 Å². The van der Waals surface area contributed by atoms with E-state index < -0.39 is 0 Å². The normalized spacial score (nSPS) is 10.8. The summed E-state index contributed by atoms with van der Waals surface area (Å²) in [5, 5.41) is 31.5. The van der Waals surface area contributed by atoms with Crippen LogP contribution in [0.4, 0.5) is 17.1 Å². The predicted molar refractivity (Wildman–Crippen MR) is 132 cm³/mol. The van der Waals surface area contributed by atoms with E-state index in [1.165, 1.54) is 0 Å². The highest BCUT2D eigenvalue weighted by molar-refractivity contribution is 5.84. The molecule has 0 fully saturated rings. The lowest BCUT2D eigenvalue weighted by molar-refractivity contribution is 0.457. The molecule has 0 aromatic heterocycles. The van der Waals surface area contributed by atoms with Crippen molar-refractivity contribution in [2.45, 2.75) is 27.7 Å². The van der Waals surface area contributed by atoms with Crippen LogP contribution >= 0.6 is 0 Å². The molecular formula is C28H27NO4. The maximum atomic E-state index is 10.8. The summed E-state index contributed by atoms with van der Waals surface area (Å²) in [6.45, 7) is 7.43. The number of rotatable bonds is 5. The Labute approximate surface area is 193 Å². The van der Waals surface area contributed by atoms with E-state index in [0.29, 0.717) is 22.9 Å². The fourth-order valence-electron chi connectivity index (χ4n) is 3.74. The van der Waals surface area contributed by atoms with Crippen molar-refractivity contribution in [3.63, 3.8) is 0 Å². The summed E-state index contributed by atoms with van der Waals surface area (Å²) < 4.78 is 6.05. The summed E-state index contributed by atoms with van der Waals surface area (Å²) in [6.07, 6.45) is 0. The van der Waals surface area contributed by atoms with Crippen LogP contribution in [0, 0.1) is 27.7 Å². The van der Waals surface area contributed by atoms with Gasteiger partial charge in [0.05, 0.1) is 11.4 Å². The molecule has 0 atom stereocenters. The van der Waals surface area contributed by atoms with Crippen LogP contribution in [0.5, 0.6) is 28.7 Å². The number of para-hydroxylation sites is 2. The average molecular weight is 442 g/mol. The van der Waals surface area contributed by atoms with E-state index >= 15 is 0 Å². The van der Waals surface area contributed by atoms with Crippen molar-refractivity contribution in [2.24, 2.45) is 0 Å². The topological polar surface area (TPSA) is 73.2 Å². The van der Waals surface area contributed by atoms with Crippen molar-refractivity contribution in [2.75, 3.05) is 4.90 Å². The lowest BCUT2D eigenvalue weighted by atomic mass is 10.1. The zero-order valence-corrected chi connectivity index (χ0v) is 19.1. The SMILES string of the molecule is Cc1cccc(N(c2ccc(Oc3ccc(O)c(C)c3C)cc2)c2cccc(C)c2O)c1O. The Hall–Kier alpha value is -4.12. The number of hydrogen-bond acceptors (Lipinski definition) is 5. The summed E-state index contributed by atoms with van der Waals surface area (Å²) in [6, 6.07) is 21.8. The third-order valence-electron chi connectivity index (χ3n) is 5.95. The van der Waals surface area contributed by atoms with E-state index in [0.717, 1.165) is 27.9 Å². The summed E-state index contributed by atoms with van der Waals surface area (Å²) in [7, 11) is 0. The molecule has 4 aromatic carbocycles.